The van der Waals surface area contributed by atoms with Gasteiger partial charge in [-0.25, -0.2) is 4.98 Å². The summed E-state index contributed by atoms with van der Waals surface area (Å²) in [6.45, 7) is 2.27. The van der Waals surface area contributed by atoms with E-state index in [1.54, 1.807) is 17.4 Å². The van der Waals surface area contributed by atoms with Crippen molar-refractivity contribution in [2.45, 2.75) is 96.8 Å². The van der Waals surface area contributed by atoms with Crippen molar-refractivity contribution in [2.75, 3.05) is 5.32 Å². The number of unbranched alkanes of at least 4 members (excludes halogenated alkanes) is 12. The Balaban J connectivity index is 1.28. The molecule has 0 saturated heterocycles. The SMILES string of the molecule is CCCCCCCCCCCCCCCC(=O)Nc1ccc(-c2nc3ccccc3s2)c(O)c1. The lowest BCUT2D eigenvalue weighted by atomic mass is 10.0. The molecule has 2 aromatic carbocycles. The molecule has 1 amide bonds. The van der Waals surface area contributed by atoms with E-state index < -0.39 is 0 Å². The van der Waals surface area contributed by atoms with E-state index in [-0.39, 0.29) is 11.7 Å². The lowest BCUT2D eigenvalue weighted by molar-refractivity contribution is -0.116. The maximum Gasteiger partial charge on any atom is 0.224 e. The van der Waals surface area contributed by atoms with Crippen LogP contribution in [0, 0.1) is 0 Å². The summed E-state index contributed by atoms with van der Waals surface area (Å²) in [4.78, 5) is 16.9. The Labute approximate surface area is 208 Å². The zero-order valence-corrected chi connectivity index (χ0v) is 21.5. The molecule has 0 unspecified atom stereocenters. The van der Waals surface area contributed by atoms with E-state index in [2.05, 4.69) is 17.2 Å². The van der Waals surface area contributed by atoms with E-state index in [1.807, 2.05) is 36.4 Å². The minimum atomic E-state index is 0.00945. The minimum absolute atomic E-state index is 0.00945. The third kappa shape index (κ3) is 8.75. The van der Waals surface area contributed by atoms with Crippen LogP contribution in [0.15, 0.2) is 42.5 Å². The molecule has 0 bridgehead atoms. The Morgan fingerprint density at radius 2 is 1.47 bits per heavy atom. The second kappa shape index (κ2) is 14.8. The molecule has 0 radical (unpaired) electrons. The number of hydrogen-bond donors (Lipinski definition) is 2. The zero-order valence-electron chi connectivity index (χ0n) is 20.7. The van der Waals surface area contributed by atoms with Crippen LogP contribution < -0.4 is 5.32 Å². The van der Waals surface area contributed by atoms with Gasteiger partial charge in [0.15, 0.2) is 0 Å². The van der Waals surface area contributed by atoms with Crippen molar-refractivity contribution in [2.24, 2.45) is 0 Å². The van der Waals surface area contributed by atoms with Crippen molar-refractivity contribution < 1.29 is 9.90 Å². The van der Waals surface area contributed by atoms with Crippen molar-refractivity contribution in [3.63, 3.8) is 0 Å². The fourth-order valence-electron chi connectivity index (χ4n) is 4.30. The van der Waals surface area contributed by atoms with E-state index >= 15 is 0 Å². The molecular weight excluding hydrogens is 440 g/mol. The summed E-state index contributed by atoms with van der Waals surface area (Å²) < 4.78 is 1.09. The Morgan fingerprint density at radius 1 is 0.853 bits per heavy atom. The number of aromatic hydroxyl groups is 1. The fraction of sp³-hybridized carbons (Fsp3) is 0.517. The predicted octanol–water partition coefficient (Wildman–Crippen LogP) is 9.09. The van der Waals surface area contributed by atoms with Crippen molar-refractivity contribution in [3.05, 3.63) is 42.5 Å². The number of nitrogens with zero attached hydrogens (tertiary/aromatic N) is 1. The Bertz CT molecular complexity index is 981. The molecule has 0 fully saturated rings. The molecule has 1 heterocycles. The van der Waals surface area contributed by atoms with E-state index in [0.717, 1.165) is 28.1 Å². The maximum absolute atomic E-state index is 12.3. The van der Waals surface area contributed by atoms with E-state index in [9.17, 15) is 9.90 Å². The molecule has 5 heteroatoms. The first kappa shape index (κ1) is 26.2. The maximum atomic E-state index is 12.3. The van der Waals surface area contributed by atoms with Gasteiger partial charge >= 0.3 is 0 Å². The van der Waals surface area contributed by atoms with Gasteiger partial charge in [-0.05, 0) is 30.7 Å². The standard InChI is InChI=1S/C29H40N2O2S/c1-2-3-4-5-6-7-8-9-10-11-12-13-14-19-28(33)30-23-20-21-24(26(32)22-23)29-31-25-17-15-16-18-27(25)34-29/h15-18,20-22,32H,2-14,19H2,1H3,(H,30,33). The molecule has 0 aliphatic heterocycles. The number of amides is 1. The molecule has 34 heavy (non-hydrogen) atoms. The highest BCUT2D eigenvalue weighted by Crippen LogP contribution is 2.36. The third-order valence-corrected chi connectivity index (χ3v) is 7.38. The number of hydrogen-bond acceptors (Lipinski definition) is 4. The third-order valence-electron chi connectivity index (χ3n) is 6.31. The van der Waals surface area contributed by atoms with E-state index in [4.69, 9.17) is 0 Å². The van der Waals surface area contributed by atoms with Gasteiger partial charge < -0.3 is 10.4 Å². The van der Waals surface area contributed by atoms with Crippen molar-refractivity contribution in [1.29, 1.82) is 0 Å². The molecule has 1 aromatic heterocycles. The summed E-state index contributed by atoms with van der Waals surface area (Å²) in [7, 11) is 0. The number of rotatable bonds is 16. The molecule has 184 valence electrons. The van der Waals surface area contributed by atoms with Crippen molar-refractivity contribution in [3.8, 4) is 16.3 Å². The van der Waals surface area contributed by atoms with Crippen molar-refractivity contribution in [1.82, 2.24) is 4.98 Å². The predicted molar refractivity (Wildman–Crippen MR) is 146 cm³/mol. The second-order valence-electron chi connectivity index (χ2n) is 9.26. The number of nitrogens with one attached hydrogen (secondary N) is 1. The summed E-state index contributed by atoms with van der Waals surface area (Å²) in [6.07, 6.45) is 17.4. The van der Waals surface area contributed by atoms with Gasteiger partial charge in [-0.1, -0.05) is 96.1 Å². The summed E-state index contributed by atoms with van der Waals surface area (Å²) in [5.74, 6) is 0.146. The highest BCUT2D eigenvalue weighted by Gasteiger charge is 2.12. The first-order valence-corrected chi connectivity index (χ1v) is 14.0. The lowest BCUT2D eigenvalue weighted by Gasteiger charge is -2.08. The smallest absolute Gasteiger partial charge is 0.224 e. The number of aromatic nitrogens is 1. The lowest BCUT2D eigenvalue weighted by Crippen LogP contribution is -2.10. The van der Waals surface area contributed by atoms with E-state index in [0.29, 0.717) is 17.7 Å². The largest absolute Gasteiger partial charge is 0.507 e. The molecule has 2 N–H and O–H groups in total. The van der Waals surface area contributed by atoms with Crippen LogP contribution in [0.25, 0.3) is 20.8 Å². The van der Waals surface area contributed by atoms with Crippen LogP contribution in [-0.4, -0.2) is 16.0 Å². The molecule has 0 aliphatic rings. The van der Waals surface area contributed by atoms with Gasteiger partial charge in [0.05, 0.1) is 15.8 Å². The normalized spacial score (nSPS) is 11.2. The molecule has 3 aromatic rings. The fourth-order valence-corrected chi connectivity index (χ4v) is 5.30. The van der Waals surface area contributed by atoms with Gasteiger partial charge in [0.2, 0.25) is 5.91 Å². The van der Waals surface area contributed by atoms with Crippen LogP contribution in [0.1, 0.15) is 96.8 Å². The van der Waals surface area contributed by atoms with Gasteiger partial charge in [0.1, 0.15) is 10.8 Å². The van der Waals surface area contributed by atoms with Crippen LogP contribution in [0.3, 0.4) is 0 Å². The van der Waals surface area contributed by atoms with Gasteiger partial charge in [0.25, 0.3) is 0 Å². The molecule has 0 saturated carbocycles. The van der Waals surface area contributed by atoms with E-state index in [1.165, 1.54) is 70.6 Å². The van der Waals surface area contributed by atoms with Gasteiger partial charge in [0, 0.05) is 18.2 Å². The van der Waals surface area contributed by atoms with Gasteiger partial charge in [-0.3, -0.25) is 4.79 Å². The summed E-state index contributed by atoms with van der Waals surface area (Å²) >= 11 is 1.55. The number of benzene rings is 2. The highest BCUT2D eigenvalue weighted by atomic mass is 32.1. The molecule has 0 atom stereocenters. The number of phenols is 1. The zero-order chi connectivity index (χ0) is 24.0. The van der Waals surface area contributed by atoms with Crippen LogP contribution in [0.4, 0.5) is 5.69 Å². The number of phenolic OH excluding ortho intramolecular Hbond substituents is 1. The van der Waals surface area contributed by atoms with Crippen LogP contribution in [0.2, 0.25) is 0 Å². The Kier molecular flexibility index (Phi) is 11.4. The van der Waals surface area contributed by atoms with Crippen molar-refractivity contribution >= 4 is 33.1 Å². The molecule has 0 spiro atoms. The summed E-state index contributed by atoms with van der Waals surface area (Å²) in [5.41, 5.74) is 2.25. The minimum Gasteiger partial charge on any atom is -0.507 e. The molecule has 3 rings (SSSR count). The number of fused-ring (bicyclic) bond motifs is 1. The topological polar surface area (TPSA) is 62.2 Å². The molecule has 4 nitrogen and oxygen atoms in total. The molecule has 0 aliphatic carbocycles. The Hall–Kier alpha value is -2.40. The van der Waals surface area contributed by atoms with Gasteiger partial charge in [-0.2, -0.15) is 0 Å². The van der Waals surface area contributed by atoms with Crippen LogP contribution >= 0.6 is 11.3 Å². The van der Waals surface area contributed by atoms with Gasteiger partial charge in [-0.15, -0.1) is 11.3 Å². The highest BCUT2D eigenvalue weighted by molar-refractivity contribution is 7.21. The summed E-state index contributed by atoms with van der Waals surface area (Å²) in [6, 6.07) is 13.2. The van der Waals surface area contributed by atoms with Crippen LogP contribution in [0.5, 0.6) is 5.75 Å². The Morgan fingerprint density at radius 3 is 2.09 bits per heavy atom. The number of anilines is 1. The number of carbonyl (C=O) groups excluding carboxylic acids is 1. The molecular formula is C29H40N2O2S. The van der Waals surface area contributed by atoms with Crippen LogP contribution in [-0.2, 0) is 4.79 Å². The first-order valence-electron chi connectivity index (χ1n) is 13.2. The quantitative estimate of drug-likeness (QED) is 0.201. The monoisotopic (exact) mass is 480 g/mol. The number of thiazole rings is 1. The average Bonchev–Trinajstić information content (AvgIpc) is 3.26. The second-order valence-corrected chi connectivity index (χ2v) is 10.3. The summed E-state index contributed by atoms with van der Waals surface area (Å²) in [5, 5.41) is 14.2. The number of para-hydroxylation sites is 1. The average molecular weight is 481 g/mol. The number of carbonyl (C=O) groups is 1. The first-order chi connectivity index (χ1) is 16.7.